The quantitative estimate of drug-likeness (QED) is 0.544. The first-order valence-corrected chi connectivity index (χ1v) is 12.4. The van der Waals surface area contributed by atoms with Crippen LogP contribution in [-0.2, 0) is 0 Å². The van der Waals surface area contributed by atoms with E-state index in [1.165, 1.54) is 34.4 Å². The number of aliphatic hydroxyl groups excluding tert-OH is 1. The van der Waals surface area contributed by atoms with Gasteiger partial charge in [0.05, 0.1) is 6.61 Å². The molecule has 0 bridgehead atoms. The molecule has 3 atom stereocenters. The highest BCUT2D eigenvalue weighted by atomic mass is 19.1. The first kappa shape index (κ1) is 23.5. The number of carbonyl (C=O) groups is 1. The number of urea groups is 1. The Labute approximate surface area is 206 Å². The maximum atomic E-state index is 13.6. The monoisotopic (exact) mass is 473 g/mol. The molecule has 2 fully saturated rings. The summed E-state index contributed by atoms with van der Waals surface area (Å²) < 4.78 is 13.6. The fourth-order valence-electron chi connectivity index (χ4n) is 5.54. The molecule has 3 aromatic rings. The molecule has 0 aromatic heterocycles. The van der Waals surface area contributed by atoms with Crippen molar-refractivity contribution in [3.8, 4) is 11.1 Å². The van der Waals surface area contributed by atoms with E-state index >= 15 is 0 Å². The Bertz CT molecular complexity index is 1170. The lowest BCUT2D eigenvalue weighted by Crippen LogP contribution is -2.68. The molecular formula is C29H32FN3O2. The number of amides is 2. The maximum absolute atomic E-state index is 13.6. The molecule has 182 valence electrons. The number of anilines is 1. The fourth-order valence-corrected chi connectivity index (χ4v) is 5.54. The summed E-state index contributed by atoms with van der Waals surface area (Å²) in [7, 11) is 0. The van der Waals surface area contributed by atoms with Gasteiger partial charge in [0.2, 0.25) is 0 Å². The Kier molecular flexibility index (Phi) is 6.84. The average Bonchev–Trinajstić information content (AvgIpc) is 2.84. The number of aryl methyl sites for hydroxylation is 1. The third-order valence-electron chi connectivity index (χ3n) is 7.41. The number of nitrogens with zero attached hydrogens (tertiary/aromatic N) is 2. The van der Waals surface area contributed by atoms with Gasteiger partial charge in [0.1, 0.15) is 5.82 Å². The number of aliphatic hydroxyl groups is 1. The van der Waals surface area contributed by atoms with Crippen molar-refractivity contribution in [1.29, 1.82) is 0 Å². The van der Waals surface area contributed by atoms with Gasteiger partial charge in [-0.1, -0.05) is 60.2 Å². The van der Waals surface area contributed by atoms with E-state index in [1.807, 2.05) is 4.90 Å². The zero-order valence-corrected chi connectivity index (χ0v) is 20.0. The van der Waals surface area contributed by atoms with Crippen LogP contribution < -0.4 is 5.32 Å². The van der Waals surface area contributed by atoms with E-state index in [2.05, 4.69) is 65.7 Å². The number of nitrogens with one attached hydrogen (secondary N) is 1. The number of hydrogen-bond donors (Lipinski definition) is 2. The molecule has 3 aromatic carbocycles. The van der Waals surface area contributed by atoms with Crippen LogP contribution in [0.2, 0.25) is 0 Å². The first-order chi connectivity index (χ1) is 17.0. The highest BCUT2D eigenvalue weighted by Gasteiger charge is 2.49. The largest absolute Gasteiger partial charge is 0.395 e. The zero-order valence-electron chi connectivity index (χ0n) is 20.0. The minimum atomic E-state index is -0.374. The zero-order chi connectivity index (χ0) is 24.4. The number of fused-ring (bicyclic) bond motifs is 1. The summed E-state index contributed by atoms with van der Waals surface area (Å²) >= 11 is 0. The van der Waals surface area contributed by atoms with Crippen molar-refractivity contribution in [2.45, 2.75) is 37.8 Å². The summed E-state index contributed by atoms with van der Waals surface area (Å²) in [4.78, 5) is 17.2. The standard InChI is InChI=1S/C29H32FN3O2/c1-20-7-9-21(10-8-20)22-11-13-23(14-12-22)28-26-18-32(15-2-3-16-33(26)27(28)19-34)29(35)31-25-6-4-5-24(30)17-25/h4-14,17,26-28,34H,2-3,15-16,18-19H2,1H3,(H,31,35)/t26-,27-,28-/m0/s1. The van der Waals surface area contributed by atoms with E-state index in [9.17, 15) is 14.3 Å². The van der Waals surface area contributed by atoms with Crippen LogP contribution in [-0.4, -0.2) is 59.3 Å². The van der Waals surface area contributed by atoms with Crippen molar-refractivity contribution < 1.29 is 14.3 Å². The molecular weight excluding hydrogens is 441 g/mol. The number of benzene rings is 3. The Morgan fingerprint density at radius 2 is 1.69 bits per heavy atom. The van der Waals surface area contributed by atoms with Crippen LogP contribution in [0.3, 0.4) is 0 Å². The summed E-state index contributed by atoms with van der Waals surface area (Å²) in [6, 6.07) is 23.1. The second-order valence-electron chi connectivity index (χ2n) is 9.66. The molecule has 2 aliphatic heterocycles. The average molecular weight is 474 g/mol. The lowest BCUT2D eigenvalue weighted by Gasteiger charge is -2.57. The second-order valence-corrected chi connectivity index (χ2v) is 9.66. The van der Waals surface area contributed by atoms with Crippen LogP contribution in [0.1, 0.15) is 29.9 Å². The van der Waals surface area contributed by atoms with E-state index in [4.69, 9.17) is 0 Å². The molecule has 5 rings (SSSR count). The highest BCUT2D eigenvalue weighted by Crippen LogP contribution is 2.42. The molecule has 2 amide bonds. The van der Waals surface area contributed by atoms with Crippen molar-refractivity contribution in [3.05, 3.63) is 89.7 Å². The van der Waals surface area contributed by atoms with Crippen LogP contribution >= 0.6 is 0 Å². The van der Waals surface area contributed by atoms with Gasteiger partial charge in [-0.05, 0) is 61.2 Å². The van der Waals surface area contributed by atoms with Gasteiger partial charge < -0.3 is 15.3 Å². The van der Waals surface area contributed by atoms with Gasteiger partial charge in [-0.25, -0.2) is 9.18 Å². The summed E-state index contributed by atoms with van der Waals surface area (Å²) in [5, 5.41) is 13.1. The lowest BCUT2D eigenvalue weighted by atomic mass is 9.74. The number of carbonyl (C=O) groups excluding carboxylic acids is 1. The van der Waals surface area contributed by atoms with Gasteiger partial charge in [0, 0.05) is 36.8 Å². The maximum Gasteiger partial charge on any atom is 0.321 e. The van der Waals surface area contributed by atoms with Crippen molar-refractivity contribution >= 4 is 11.7 Å². The summed E-state index contributed by atoms with van der Waals surface area (Å²) in [5.41, 5.74) is 5.23. The van der Waals surface area contributed by atoms with Crippen molar-refractivity contribution in [2.75, 3.05) is 31.6 Å². The Hall–Kier alpha value is -3.22. The molecule has 2 heterocycles. The molecule has 2 saturated heterocycles. The Balaban J connectivity index is 1.34. The number of rotatable bonds is 4. The van der Waals surface area contributed by atoms with E-state index in [0.29, 0.717) is 18.8 Å². The molecule has 0 spiro atoms. The Morgan fingerprint density at radius 1 is 1.00 bits per heavy atom. The SMILES string of the molecule is Cc1ccc(-c2ccc([C@@H]3[C@H](CO)N4CCCCN(C(=O)Nc5cccc(F)c5)C[C@@H]34)cc2)cc1. The van der Waals surface area contributed by atoms with Crippen molar-refractivity contribution in [1.82, 2.24) is 9.80 Å². The normalized spacial score (nSPS) is 22.5. The molecule has 5 nitrogen and oxygen atoms in total. The summed E-state index contributed by atoms with van der Waals surface area (Å²) in [5.74, 6) is -0.227. The molecule has 0 aliphatic carbocycles. The number of hydrogen-bond acceptors (Lipinski definition) is 3. The second kappa shape index (κ2) is 10.2. The van der Waals surface area contributed by atoms with Crippen molar-refractivity contribution in [2.24, 2.45) is 0 Å². The lowest BCUT2D eigenvalue weighted by molar-refractivity contribution is -0.0585. The first-order valence-electron chi connectivity index (χ1n) is 12.4. The third kappa shape index (κ3) is 4.95. The smallest absolute Gasteiger partial charge is 0.321 e. The topological polar surface area (TPSA) is 55.8 Å². The fraction of sp³-hybridized carbons (Fsp3) is 0.345. The molecule has 35 heavy (non-hydrogen) atoms. The molecule has 0 unspecified atom stereocenters. The minimum Gasteiger partial charge on any atom is -0.395 e. The van der Waals surface area contributed by atoms with E-state index in [-0.39, 0.29) is 36.5 Å². The predicted molar refractivity (Wildman–Crippen MR) is 137 cm³/mol. The van der Waals surface area contributed by atoms with E-state index < -0.39 is 0 Å². The van der Waals surface area contributed by atoms with Gasteiger partial charge in [-0.3, -0.25) is 4.90 Å². The van der Waals surface area contributed by atoms with Crippen LogP contribution in [0.4, 0.5) is 14.9 Å². The van der Waals surface area contributed by atoms with Gasteiger partial charge in [-0.15, -0.1) is 0 Å². The van der Waals surface area contributed by atoms with Crippen LogP contribution in [0.15, 0.2) is 72.8 Å². The summed E-state index contributed by atoms with van der Waals surface area (Å²) in [6.45, 7) is 4.33. The molecule has 0 saturated carbocycles. The van der Waals surface area contributed by atoms with Crippen LogP contribution in [0.5, 0.6) is 0 Å². The highest BCUT2D eigenvalue weighted by molar-refractivity contribution is 5.89. The van der Waals surface area contributed by atoms with E-state index in [0.717, 1.165) is 19.4 Å². The van der Waals surface area contributed by atoms with Gasteiger partial charge in [0.15, 0.2) is 0 Å². The van der Waals surface area contributed by atoms with Gasteiger partial charge >= 0.3 is 6.03 Å². The summed E-state index contributed by atoms with van der Waals surface area (Å²) in [6.07, 6.45) is 1.86. The third-order valence-corrected chi connectivity index (χ3v) is 7.41. The molecule has 0 radical (unpaired) electrons. The minimum absolute atomic E-state index is 0.0523. The van der Waals surface area contributed by atoms with Crippen LogP contribution in [0.25, 0.3) is 11.1 Å². The molecule has 2 aliphatic rings. The van der Waals surface area contributed by atoms with Crippen molar-refractivity contribution in [3.63, 3.8) is 0 Å². The van der Waals surface area contributed by atoms with Crippen LogP contribution in [0, 0.1) is 12.7 Å². The molecule has 6 heteroatoms. The Morgan fingerprint density at radius 3 is 2.37 bits per heavy atom. The molecule has 2 N–H and O–H groups in total. The number of halogens is 1. The van der Waals surface area contributed by atoms with Gasteiger partial charge in [-0.2, -0.15) is 0 Å². The van der Waals surface area contributed by atoms with E-state index in [1.54, 1.807) is 12.1 Å². The predicted octanol–water partition coefficient (Wildman–Crippen LogP) is 5.26. The van der Waals surface area contributed by atoms with Gasteiger partial charge in [0.25, 0.3) is 0 Å².